The highest BCUT2D eigenvalue weighted by Gasteiger charge is 2.18. The average molecular weight is 481 g/mol. The zero-order chi connectivity index (χ0) is 24.6. The number of carbonyl (C=O) groups excluding carboxylic acids is 1. The van der Waals surface area contributed by atoms with Crippen molar-refractivity contribution in [3.8, 4) is 17.2 Å². The number of carbonyl (C=O) groups is 1. The number of nitrogens with zero attached hydrogens (tertiary/aromatic N) is 1. The molecular formula is C27H29ClN2O4. The molecule has 0 unspecified atom stereocenters. The van der Waals surface area contributed by atoms with Crippen LogP contribution in [-0.4, -0.2) is 25.8 Å². The second-order valence-electron chi connectivity index (χ2n) is 8.65. The minimum atomic E-state index is -0.352. The monoisotopic (exact) mass is 480 g/mol. The summed E-state index contributed by atoms with van der Waals surface area (Å²) in [6, 6.07) is 20.6. The first-order valence-corrected chi connectivity index (χ1v) is 11.2. The van der Waals surface area contributed by atoms with Crippen LogP contribution in [0, 0.1) is 0 Å². The number of benzene rings is 3. The summed E-state index contributed by atoms with van der Waals surface area (Å²) in [4.78, 5) is 12.2. The normalized spacial score (nSPS) is 11.3. The number of nitrogens with one attached hydrogen (secondary N) is 1. The fourth-order valence-electron chi connectivity index (χ4n) is 3.19. The highest BCUT2D eigenvalue weighted by atomic mass is 35.5. The van der Waals surface area contributed by atoms with Crippen LogP contribution in [-0.2, 0) is 16.8 Å². The molecule has 0 spiro atoms. The van der Waals surface area contributed by atoms with Crippen molar-refractivity contribution in [2.45, 2.75) is 32.8 Å². The highest BCUT2D eigenvalue weighted by molar-refractivity contribution is 6.30. The maximum Gasteiger partial charge on any atom is 0.277 e. The Labute approximate surface area is 205 Å². The van der Waals surface area contributed by atoms with E-state index in [9.17, 15) is 4.79 Å². The van der Waals surface area contributed by atoms with Crippen molar-refractivity contribution < 1.29 is 19.0 Å². The van der Waals surface area contributed by atoms with Crippen LogP contribution in [0.2, 0.25) is 5.02 Å². The number of amides is 1. The summed E-state index contributed by atoms with van der Waals surface area (Å²) in [5.41, 5.74) is 5.17. The Morgan fingerprint density at radius 3 is 2.41 bits per heavy atom. The van der Waals surface area contributed by atoms with E-state index in [0.717, 1.165) is 16.7 Å². The molecule has 0 aliphatic heterocycles. The van der Waals surface area contributed by atoms with Crippen molar-refractivity contribution in [3.63, 3.8) is 0 Å². The van der Waals surface area contributed by atoms with Crippen LogP contribution in [0.3, 0.4) is 0 Å². The Kier molecular flexibility index (Phi) is 8.55. The van der Waals surface area contributed by atoms with Crippen molar-refractivity contribution in [3.05, 3.63) is 88.4 Å². The van der Waals surface area contributed by atoms with Gasteiger partial charge in [-0.1, -0.05) is 62.7 Å². The summed E-state index contributed by atoms with van der Waals surface area (Å²) in [6.45, 7) is 6.55. The summed E-state index contributed by atoms with van der Waals surface area (Å²) in [5, 5.41) is 4.70. The zero-order valence-electron chi connectivity index (χ0n) is 19.8. The minimum Gasteiger partial charge on any atom is -0.493 e. The van der Waals surface area contributed by atoms with Gasteiger partial charge in [0.25, 0.3) is 5.91 Å². The molecule has 0 heterocycles. The van der Waals surface area contributed by atoms with E-state index in [1.807, 2.05) is 54.6 Å². The smallest absolute Gasteiger partial charge is 0.277 e. The Balaban J connectivity index is 1.54. The molecule has 0 aliphatic rings. The van der Waals surface area contributed by atoms with Crippen LogP contribution >= 0.6 is 11.6 Å². The number of hydrazone groups is 1. The van der Waals surface area contributed by atoms with Crippen LogP contribution in [0.25, 0.3) is 0 Å². The number of hydrogen-bond donors (Lipinski definition) is 1. The second kappa shape index (κ2) is 11.6. The predicted octanol–water partition coefficient (Wildman–Crippen LogP) is 5.75. The molecule has 0 atom stereocenters. The molecule has 1 N–H and O–H groups in total. The van der Waals surface area contributed by atoms with Gasteiger partial charge in [0.2, 0.25) is 0 Å². The lowest BCUT2D eigenvalue weighted by Crippen LogP contribution is -2.25. The van der Waals surface area contributed by atoms with E-state index in [-0.39, 0.29) is 17.9 Å². The summed E-state index contributed by atoms with van der Waals surface area (Å²) in [7, 11) is 1.57. The van der Waals surface area contributed by atoms with Gasteiger partial charge in [-0.05, 0) is 58.5 Å². The van der Waals surface area contributed by atoms with E-state index in [1.54, 1.807) is 19.2 Å². The van der Waals surface area contributed by atoms with Crippen molar-refractivity contribution >= 4 is 23.7 Å². The highest BCUT2D eigenvalue weighted by Crippen LogP contribution is 2.31. The van der Waals surface area contributed by atoms with Crippen LogP contribution in [0.4, 0.5) is 0 Å². The van der Waals surface area contributed by atoms with E-state index >= 15 is 0 Å². The molecule has 0 aromatic heterocycles. The first kappa shape index (κ1) is 25.1. The summed E-state index contributed by atoms with van der Waals surface area (Å²) < 4.78 is 17.0. The molecule has 3 aromatic rings. The molecule has 0 radical (unpaired) electrons. The van der Waals surface area contributed by atoms with Crippen LogP contribution in [0.15, 0.2) is 71.8 Å². The van der Waals surface area contributed by atoms with Gasteiger partial charge < -0.3 is 14.2 Å². The molecule has 0 saturated carbocycles. The maximum absolute atomic E-state index is 12.2. The lowest BCUT2D eigenvalue weighted by Gasteiger charge is -2.22. The van der Waals surface area contributed by atoms with Gasteiger partial charge in [0.05, 0.1) is 13.3 Å². The quantitative estimate of drug-likeness (QED) is 0.312. The maximum atomic E-state index is 12.2. The lowest BCUT2D eigenvalue weighted by molar-refractivity contribution is -0.123. The summed E-state index contributed by atoms with van der Waals surface area (Å²) in [5.74, 6) is 1.50. The molecule has 7 heteroatoms. The number of rotatable bonds is 9. The number of halogens is 1. The van der Waals surface area contributed by atoms with Crippen molar-refractivity contribution in [2.75, 3.05) is 13.7 Å². The fraction of sp³-hybridized carbons (Fsp3) is 0.259. The van der Waals surface area contributed by atoms with Crippen molar-refractivity contribution in [1.82, 2.24) is 5.43 Å². The van der Waals surface area contributed by atoms with Crippen molar-refractivity contribution in [2.24, 2.45) is 5.10 Å². The Morgan fingerprint density at radius 1 is 0.971 bits per heavy atom. The van der Waals surface area contributed by atoms with E-state index in [4.69, 9.17) is 25.8 Å². The van der Waals surface area contributed by atoms with Crippen LogP contribution in [0.5, 0.6) is 17.2 Å². The van der Waals surface area contributed by atoms with Gasteiger partial charge in [-0.25, -0.2) is 5.43 Å². The third-order valence-corrected chi connectivity index (χ3v) is 5.20. The molecule has 1 amide bonds. The van der Waals surface area contributed by atoms with E-state index in [1.165, 1.54) is 6.21 Å². The van der Waals surface area contributed by atoms with Gasteiger partial charge >= 0.3 is 0 Å². The SMILES string of the molecule is COc1cc(/C=N/NC(=O)COc2ccccc2C(C)(C)C)ccc1OCc1ccc(Cl)cc1. The summed E-state index contributed by atoms with van der Waals surface area (Å²) >= 11 is 5.92. The van der Waals surface area contributed by atoms with E-state index < -0.39 is 0 Å². The van der Waals surface area contributed by atoms with Gasteiger partial charge in [-0.2, -0.15) is 5.10 Å². The van der Waals surface area contributed by atoms with Crippen molar-refractivity contribution in [1.29, 1.82) is 0 Å². The standard InChI is InChI=1S/C27H29ClN2O4/c1-27(2,3)22-7-5-6-8-23(22)34-18-26(31)30-29-16-20-11-14-24(25(15-20)32-4)33-17-19-9-12-21(28)13-10-19/h5-16H,17-18H2,1-4H3,(H,30,31)/b29-16+. The first-order valence-electron chi connectivity index (χ1n) is 10.9. The number of hydrogen-bond acceptors (Lipinski definition) is 5. The predicted molar refractivity (Wildman–Crippen MR) is 135 cm³/mol. The molecule has 0 bridgehead atoms. The zero-order valence-corrected chi connectivity index (χ0v) is 20.6. The molecule has 3 rings (SSSR count). The number of para-hydroxylation sites is 1. The third kappa shape index (κ3) is 7.25. The Morgan fingerprint density at radius 2 is 1.71 bits per heavy atom. The van der Waals surface area contributed by atoms with Gasteiger partial charge in [-0.15, -0.1) is 0 Å². The molecule has 0 saturated heterocycles. The minimum absolute atomic E-state index is 0.0883. The van der Waals surface area contributed by atoms with Gasteiger partial charge in [0.1, 0.15) is 12.4 Å². The summed E-state index contributed by atoms with van der Waals surface area (Å²) in [6.07, 6.45) is 1.53. The first-order chi connectivity index (χ1) is 16.3. The topological polar surface area (TPSA) is 69.2 Å². The molecule has 3 aromatic carbocycles. The fourth-order valence-corrected chi connectivity index (χ4v) is 3.32. The number of ether oxygens (including phenoxy) is 3. The van der Waals surface area contributed by atoms with E-state index in [0.29, 0.717) is 28.9 Å². The lowest BCUT2D eigenvalue weighted by atomic mass is 9.86. The molecular weight excluding hydrogens is 452 g/mol. The molecule has 0 aliphatic carbocycles. The molecule has 6 nitrogen and oxygen atoms in total. The largest absolute Gasteiger partial charge is 0.493 e. The second-order valence-corrected chi connectivity index (χ2v) is 9.09. The van der Waals surface area contributed by atoms with Gasteiger partial charge in [0.15, 0.2) is 18.1 Å². The van der Waals surface area contributed by atoms with Crippen LogP contribution in [0.1, 0.15) is 37.5 Å². The number of methoxy groups -OCH3 is 1. The Bertz CT molecular complexity index is 1140. The Hall–Kier alpha value is -3.51. The van der Waals surface area contributed by atoms with E-state index in [2.05, 4.69) is 31.3 Å². The molecule has 0 fully saturated rings. The molecule has 178 valence electrons. The van der Waals surface area contributed by atoms with Crippen LogP contribution < -0.4 is 19.6 Å². The molecule has 34 heavy (non-hydrogen) atoms. The van der Waals surface area contributed by atoms with Gasteiger partial charge in [0, 0.05) is 5.02 Å². The van der Waals surface area contributed by atoms with Gasteiger partial charge in [-0.3, -0.25) is 4.79 Å². The average Bonchev–Trinajstić information content (AvgIpc) is 2.82. The third-order valence-electron chi connectivity index (χ3n) is 4.95.